The number of ether oxygens (including phenoxy) is 2. The van der Waals surface area contributed by atoms with Crippen LogP contribution >= 0.6 is 11.8 Å². The Labute approximate surface area is 241 Å². The van der Waals surface area contributed by atoms with Gasteiger partial charge in [-0.2, -0.15) is 0 Å². The van der Waals surface area contributed by atoms with Crippen molar-refractivity contribution in [3.63, 3.8) is 0 Å². The van der Waals surface area contributed by atoms with E-state index in [-0.39, 0.29) is 18.2 Å². The van der Waals surface area contributed by atoms with Crippen molar-refractivity contribution in [1.29, 1.82) is 0 Å². The molecule has 0 radical (unpaired) electrons. The Hall–Kier alpha value is -3.78. The van der Waals surface area contributed by atoms with Gasteiger partial charge in [0.05, 0.1) is 19.4 Å². The predicted molar refractivity (Wildman–Crippen MR) is 163 cm³/mol. The van der Waals surface area contributed by atoms with Gasteiger partial charge in [-0.15, -0.1) is 0 Å². The summed E-state index contributed by atoms with van der Waals surface area (Å²) in [7, 11) is 1.64. The number of hydrogen-bond donors (Lipinski definition) is 1. The number of amides is 2. The zero-order valence-corrected chi connectivity index (χ0v) is 24.0. The Bertz CT molecular complexity index is 1260. The Morgan fingerprint density at radius 1 is 0.975 bits per heavy atom. The number of nitrogens with one attached hydrogen (secondary N) is 1. The number of methoxy groups -OCH3 is 1. The van der Waals surface area contributed by atoms with Gasteiger partial charge < -0.3 is 14.8 Å². The van der Waals surface area contributed by atoms with Gasteiger partial charge >= 0.3 is 0 Å². The second-order valence-electron chi connectivity index (χ2n) is 9.61. The summed E-state index contributed by atoms with van der Waals surface area (Å²) in [6.45, 7) is 3.34. The van der Waals surface area contributed by atoms with Gasteiger partial charge in [0, 0.05) is 18.7 Å². The van der Waals surface area contributed by atoms with Crippen LogP contribution in [0.3, 0.4) is 0 Å². The monoisotopic (exact) mass is 559 g/mol. The summed E-state index contributed by atoms with van der Waals surface area (Å²) in [5, 5.41) is 2.91. The first-order chi connectivity index (χ1) is 19.6. The minimum absolute atomic E-state index is 0.103. The van der Waals surface area contributed by atoms with Gasteiger partial charge in [0.1, 0.15) is 16.7 Å². The zero-order valence-electron chi connectivity index (χ0n) is 23.2. The lowest BCUT2D eigenvalue weighted by Gasteiger charge is -2.32. The third-order valence-corrected chi connectivity index (χ3v) is 7.77. The summed E-state index contributed by atoms with van der Waals surface area (Å²) < 4.78 is 11.0. The summed E-state index contributed by atoms with van der Waals surface area (Å²) in [5.74, 6) is 1.23. The maximum Gasteiger partial charge on any atom is 0.238 e. The van der Waals surface area contributed by atoms with Gasteiger partial charge in [-0.05, 0) is 66.9 Å². The molecule has 7 nitrogen and oxygen atoms in total. The normalized spacial score (nSPS) is 16.1. The average Bonchev–Trinajstić information content (AvgIpc) is 2.98. The highest BCUT2D eigenvalue weighted by molar-refractivity contribution is 8.15. The quantitative estimate of drug-likeness (QED) is 0.232. The van der Waals surface area contributed by atoms with Crippen LogP contribution in [0.25, 0.3) is 0 Å². The van der Waals surface area contributed by atoms with Crippen molar-refractivity contribution in [1.82, 2.24) is 4.90 Å². The highest BCUT2D eigenvalue weighted by atomic mass is 32.2. The average molecular weight is 560 g/mol. The molecule has 0 saturated carbocycles. The highest BCUT2D eigenvalue weighted by Gasteiger charge is 2.35. The third-order valence-electron chi connectivity index (χ3n) is 6.58. The van der Waals surface area contributed by atoms with Crippen LogP contribution in [0.2, 0.25) is 0 Å². The molecule has 1 saturated heterocycles. The molecule has 0 spiro atoms. The van der Waals surface area contributed by atoms with E-state index in [2.05, 4.69) is 12.2 Å². The van der Waals surface area contributed by atoms with Gasteiger partial charge in [-0.3, -0.25) is 14.5 Å². The standard InChI is InChI=1S/C32H37N3O4S/c1-3-4-5-9-22-39-28-18-14-26(15-19-28)33-31(37)29-23-30(36)35(21-20-24-12-16-27(38-2)17-13-24)32(40-29)34-25-10-7-6-8-11-25/h6-8,10-19,29H,3-5,9,20-23H2,1-2H3,(H,33,37)/t29-/m1/s1. The number of hydrogen-bond acceptors (Lipinski definition) is 6. The van der Waals surface area contributed by atoms with Crippen LogP contribution in [-0.4, -0.2) is 47.4 Å². The van der Waals surface area contributed by atoms with E-state index in [0.717, 1.165) is 35.6 Å². The molecule has 0 unspecified atom stereocenters. The zero-order chi connectivity index (χ0) is 28.2. The van der Waals surface area contributed by atoms with E-state index >= 15 is 0 Å². The molecule has 40 heavy (non-hydrogen) atoms. The molecule has 1 fully saturated rings. The fourth-order valence-corrected chi connectivity index (χ4v) is 5.41. The van der Waals surface area contributed by atoms with Crippen molar-refractivity contribution in [2.24, 2.45) is 4.99 Å². The van der Waals surface area contributed by atoms with Crippen LogP contribution in [0.15, 0.2) is 83.9 Å². The van der Waals surface area contributed by atoms with E-state index in [0.29, 0.717) is 30.4 Å². The Kier molecular flexibility index (Phi) is 11.0. The summed E-state index contributed by atoms with van der Waals surface area (Å²) in [5.41, 5.74) is 2.49. The summed E-state index contributed by atoms with van der Waals surface area (Å²) in [4.78, 5) is 33.0. The second-order valence-corrected chi connectivity index (χ2v) is 10.8. The van der Waals surface area contributed by atoms with Crippen LogP contribution in [0.1, 0.15) is 44.6 Å². The highest BCUT2D eigenvalue weighted by Crippen LogP contribution is 2.30. The summed E-state index contributed by atoms with van der Waals surface area (Å²) in [6.07, 6.45) is 5.37. The SMILES string of the molecule is CCCCCCOc1ccc(NC(=O)[C@H]2CC(=O)N(CCc3ccc(OC)cc3)C(=Nc3ccccc3)S2)cc1. The molecule has 8 heteroatoms. The Morgan fingerprint density at radius 3 is 2.40 bits per heavy atom. The molecular weight excluding hydrogens is 522 g/mol. The maximum atomic E-state index is 13.3. The van der Waals surface area contributed by atoms with Crippen molar-refractivity contribution in [3.05, 3.63) is 84.4 Å². The molecular formula is C32H37N3O4S. The molecule has 0 aliphatic carbocycles. The number of anilines is 1. The first kappa shape index (κ1) is 29.2. The fourth-order valence-electron chi connectivity index (χ4n) is 4.28. The topological polar surface area (TPSA) is 80.2 Å². The number of thioether (sulfide) groups is 1. The number of amidine groups is 1. The molecule has 4 rings (SSSR count). The summed E-state index contributed by atoms with van der Waals surface area (Å²) >= 11 is 1.33. The predicted octanol–water partition coefficient (Wildman–Crippen LogP) is 6.86. The van der Waals surface area contributed by atoms with E-state index in [1.54, 1.807) is 12.0 Å². The first-order valence-corrected chi connectivity index (χ1v) is 14.7. The molecule has 210 valence electrons. The molecule has 1 heterocycles. The van der Waals surface area contributed by atoms with Gasteiger partial charge in [0.25, 0.3) is 0 Å². The van der Waals surface area contributed by atoms with Crippen molar-refractivity contribution in [2.45, 2.75) is 50.7 Å². The molecule has 1 atom stereocenters. The Morgan fingerprint density at radius 2 is 1.70 bits per heavy atom. The van der Waals surface area contributed by atoms with E-state index in [1.807, 2.05) is 78.9 Å². The van der Waals surface area contributed by atoms with Crippen LogP contribution in [0.5, 0.6) is 11.5 Å². The van der Waals surface area contributed by atoms with E-state index < -0.39 is 5.25 Å². The van der Waals surface area contributed by atoms with Gasteiger partial charge in [-0.25, -0.2) is 4.99 Å². The molecule has 2 amide bonds. The van der Waals surface area contributed by atoms with Crippen LogP contribution < -0.4 is 14.8 Å². The van der Waals surface area contributed by atoms with Crippen molar-refractivity contribution < 1.29 is 19.1 Å². The van der Waals surface area contributed by atoms with Crippen LogP contribution in [0.4, 0.5) is 11.4 Å². The number of benzene rings is 3. The number of unbranched alkanes of at least 4 members (excludes halogenated alkanes) is 3. The number of rotatable bonds is 13. The van der Waals surface area contributed by atoms with Crippen molar-refractivity contribution >= 4 is 40.1 Å². The number of nitrogens with zero attached hydrogens (tertiary/aromatic N) is 2. The molecule has 3 aromatic rings. The minimum Gasteiger partial charge on any atom is -0.497 e. The number of para-hydroxylation sites is 1. The van der Waals surface area contributed by atoms with E-state index in [4.69, 9.17) is 14.5 Å². The lowest BCUT2D eigenvalue weighted by molar-refractivity contribution is -0.129. The van der Waals surface area contributed by atoms with Crippen LogP contribution in [-0.2, 0) is 16.0 Å². The molecule has 1 N–H and O–H groups in total. The smallest absolute Gasteiger partial charge is 0.238 e. The first-order valence-electron chi connectivity index (χ1n) is 13.8. The second kappa shape index (κ2) is 15.1. The maximum absolute atomic E-state index is 13.3. The largest absolute Gasteiger partial charge is 0.497 e. The van der Waals surface area contributed by atoms with Crippen LogP contribution in [0, 0.1) is 0 Å². The fraction of sp³-hybridized carbons (Fsp3) is 0.344. The molecule has 1 aliphatic rings. The lowest BCUT2D eigenvalue weighted by Crippen LogP contribution is -2.46. The lowest BCUT2D eigenvalue weighted by atomic mass is 10.1. The number of aliphatic imine (C=N–C) groups is 1. The summed E-state index contributed by atoms with van der Waals surface area (Å²) in [6, 6.07) is 24.7. The van der Waals surface area contributed by atoms with E-state index in [9.17, 15) is 9.59 Å². The van der Waals surface area contributed by atoms with Crippen molar-refractivity contribution in [2.75, 3.05) is 25.6 Å². The number of carbonyl (C=O) groups is 2. The Balaban J connectivity index is 1.40. The van der Waals surface area contributed by atoms with Gasteiger partial charge in [0.2, 0.25) is 11.8 Å². The van der Waals surface area contributed by atoms with Crippen molar-refractivity contribution in [3.8, 4) is 11.5 Å². The van der Waals surface area contributed by atoms with Gasteiger partial charge in [-0.1, -0.05) is 68.3 Å². The minimum atomic E-state index is -0.582. The molecule has 1 aliphatic heterocycles. The van der Waals surface area contributed by atoms with E-state index in [1.165, 1.54) is 24.6 Å². The third kappa shape index (κ3) is 8.61. The number of carbonyl (C=O) groups excluding carboxylic acids is 2. The van der Waals surface area contributed by atoms with Gasteiger partial charge in [0.15, 0.2) is 5.17 Å². The molecule has 0 aromatic heterocycles. The molecule has 0 bridgehead atoms. The molecule has 3 aromatic carbocycles.